The van der Waals surface area contributed by atoms with Crippen molar-refractivity contribution in [3.8, 4) is 0 Å². The summed E-state index contributed by atoms with van der Waals surface area (Å²) in [5.74, 6) is -0.135. The molecule has 0 atom stereocenters. The molecule has 0 unspecified atom stereocenters. The van der Waals surface area contributed by atoms with Gasteiger partial charge in [-0.25, -0.2) is 0 Å². The topological polar surface area (TPSA) is 72.3 Å². The smallest absolute Gasteiger partial charge is 0.254 e. The van der Waals surface area contributed by atoms with Crippen LogP contribution in [0.4, 0.5) is 11.4 Å². The van der Waals surface area contributed by atoms with Gasteiger partial charge in [-0.3, -0.25) is 4.79 Å². The maximum atomic E-state index is 12.3. The number of carbonyl (C=O) groups is 1. The number of hydrogen-bond acceptors (Lipinski definition) is 3. The molecule has 104 valence electrons. The van der Waals surface area contributed by atoms with Crippen LogP contribution in [0, 0.1) is 0 Å². The summed E-state index contributed by atoms with van der Waals surface area (Å²) in [5, 5.41) is 0.650. The number of anilines is 2. The number of nitrogen functional groups attached to an aromatic ring is 2. The summed E-state index contributed by atoms with van der Waals surface area (Å²) >= 11 is 5.93. The fourth-order valence-corrected chi connectivity index (χ4v) is 2.21. The molecule has 0 fully saturated rings. The van der Waals surface area contributed by atoms with Crippen molar-refractivity contribution in [1.29, 1.82) is 0 Å². The zero-order valence-electron chi connectivity index (χ0n) is 11.1. The Kier molecular flexibility index (Phi) is 4.15. The number of halogens is 1. The van der Waals surface area contributed by atoms with Gasteiger partial charge in [0.25, 0.3) is 5.91 Å². The van der Waals surface area contributed by atoms with E-state index in [4.69, 9.17) is 23.1 Å². The molecule has 0 heterocycles. The highest BCUT2D eigenvalue weighted by molar-refractivity contribution is 6.30. The molecule has 4 nitrogen and oxygen atoms in total. The second kappa shape index (κ2) is 5.84. The minimum atomic E-state index is -0.135. The lowest BCUT2D eigenvalue weighted by molar-refractivity contribution is 0.0785. The summed E-state index contributed by atoms with van der Waals surface area (Å²) in [4.78, 5) is 13.9. The van der Waals surface area contributed by atoms with Crippen molar-refractivity contribution >= 4 is 28.9 Å². The Morgan fingerprint density at radius 2 is 1.80 bits per heavy atom. The summed E-state index contributed by atoms with van der Waals surface area (Å²) in [5.41, 5.74) is 13.8. The Bertz CT molecular complexity index is 623. The Hall–Kier alpha value is -2.20. The number of amides is 1. The maximum Gasteiger partial charge on any atom is 0.254 e. The fourth-order valence-electron chi connectivity index (χ4n) is 2.00. The lowest BCUT2D eigenvalue weighted by Gasteiger charge is -2.18. The molecule has 0 saturated heterocycles. The summed E-state index contributed by atoms with van der Waals surface area (Å²) in [6.45, 7) is 0.466. The molecule has 0 aliphatic carbocycles. The van der Waals surface area contributed by atoms with E-state index in [9.17, 15) is 4.79 Å². The third-order valence-electron chi connectivity index (χ3n) is 2.88. The van der Waals surface area contributed by atoms with E-state index in [2.05, 4.69) is 0 Å². The Balaban J connectivity index is 2.16. The summed E-state index contributed by atoms with van der Waals surface area (Å²) in [7, 11) is 1.72. The van der Waals surface area contributed by atoms with E-state index in [1.54, 1.807) is 36.2 Å². The van der Waals surface area contributed by atoms with Gasteiger partial charge in [-0.1, -0.05) is 23.7 Å². The highest BCUT2D eigenvalue weighted by Gasteiger charge is 2.13. The van der Waals surface area contributed by atoms with Gasteiger partial charge in [0.2, 0.25) is 0 Å². The van der Waals surface area contributed by atoms with E-state index >= 15 is 0 Å². The van der Waals surface area contributed by atoms with E-state index in [0.717, 1.165) is 5.56 Å². The fraction of sp³-hybridized carbons (Fsp3) is 0.133. The predicted octanol–water partition coefficient (Wildman–Crippen LogP) is 2.78. The minimum Gasteiger partial charge on any atom is -0.399 e. The molecule has 20 heavy (non-hydrogen) atoms. The van der Waals surface area contributed by atoms with Crippen LogP contribution in [0.15, 0.2) is 42.5 Å². The van der Waals surface area contributed by atoms with Gasteiger partial charge in [0.05, 0.1) is 0 Å². The van der Waals surface area contributed by atoms with Crippen LogP contribution >= 0.6 is 11.6 Å². The first-order valence-corrected chi connectivity index (χ1v) is 6.49. The Morgan fingerprint density at radius 3 is 2.40 bits per heavy atom. The summed E-state index contributed by atoms with van der Waals surface area (Å²) in [6.07, 6.45) is 0. The molecular weight excluding hydrogens is 274 g/mol. The normalized spacial score (nSPS) is 10.3. The van der Waals surface area contributed by atoms with Crippen LogP contribution < -0.4 is 11.5 Å². The van der Waals surface area contributed by atoms with Crippen molar-refractivity contribution in [2.24, 2.45) is 0 Å². The second-order valence-corrected chi connectivity index (χ2v) is 5.12. The second-order valence-electron chi connectivity index (χ2n) is 4.68. The number of nitrogens with zero attached hydrogens (tertiary/aromatic N) is 1. The lowest BCUT2D eigenvalue weighted by Crippen LogP contribution is -2.26. The molecule has 5 heteroatoms. The molecular formula is C15H16ClN3O. The standard InChI is InChI=1S/C15H16ClN3O/c1-19(9-10-3-2-4-12(16)5-10)15(20)11-6-13(17)8-14(18)7-11/h2-8H,9,17-18H2,1H3. The van der Waals surface area contributed by atoms with E-state index in [0.29, 0.717) is 28.5 Å². The number of carbonyl (C=O) groups excluding carboxylic acids is 1. The van der Waals surface area contributed by atoms with Crippen molar-refractivity contribution < 1.29 is 4.79 Å². The molecule has 2 aromatic carbocycles. The average Bonchev–Trinajstić information content (AvgIpc) is 2.36. The van der Waals surface area contributed by atoms with Crippen molar-refractivity contribution in [2.45, 2.75) is 6.54 Å². The van der Waals surface area contributed by atoms with E-state index in [-0.39, 0.29) is 5.91 Å². The molecule has 1 amide bonds. The third-order valence-corrected chi connectivity index (χ3v) is 3.12. The minimum absolute atomic E-state index is 0.135. The van der Waals surface area contributed by atoms with Gasteiger partial charge in [0.1, 0.15) is 0 Å². The highest BCUT2D eigenvalue weighted by atomic mass is 35.5. The first kappa shape index (κ1) is 14.2. The van der Waals surface area contributed by atoms with Gasteiger partial charge >= 0.3 is 0 Å². The van der Waals surface area contributed by atoms with Gasteiger partial charge in [-0.15, -0.1) is 0 Å². The molecule has 0 spiro atoms. The van der Waals surface area contributed by atoms with Gasteiger partial charge < -0.3 is 16.4 Å². The SMILES string of the molecule is CN(Cc1cccc(Cl)c1)C(=O)c1cc(N)cc(N)c1. The number of nitrogens with two attached hydrogens (primary N) is 2. The molecule has 2 aromatic rings. The van der Waals surface area contributed by atoms with Crippen LogP contribution in [0.25, 0.3) is 0 Å². The average molecular weight is 290 g/mol. The van der Waals surface area contributed by atoms with Gasteiger partial charge in [0.15, 0.2) is 0 Å². The van der Waals surface area contributed by atoms with Crippen LogP contribution in [0.5, 0.6) is 0 Å². The van der Waals surface area contributed by atoms with E-state index in [1.165, 1.54) is 0 Å². The van der Waals surface area contributed by atoms with Crippen molar-refractivity contribution in [3.05, 3.63) is 58.6 Å². The van der Waals surface area contributed by atoms with Crippen molar-refractivity contribution in [1.82, 2.24) is 4.90 Å². The largest absolute Gasteiger partial charge is 0.399 e. The predicted molar refractivity (Wildman–Crippen MR) is 82.5 cm³/mol. The third kappa shape index (κ3) is 3.42. The van der Waals surface area contributed by atoms with Gasteiger partial charge in [0, 0.05) is 35.6 Å². The van der Waals surface area contributed by atoms with Crippen LogP contribution in [0.3, 0.4) is 0 Å². The monoisotopic (exact) mass is 289 g/mol. The molecule has 0 aromatic heterocycles. The van der Waals surface area contributed by atoms with Crippen molar-refractivity contribution in [3.63, 3.8) is 0 Å². The molecule has 0 radical (unpaired) electrons. The number of rotatable bonds is 3. The van der Waals surface area contributed by atoms with Gasteiger partial charge in [-0.05, 0) is 35.9 Å². The molecule has 4 N–H and O–H groups in total. The zero-order valence-corrected chi connectivity index (χ0v) is 11.9. The highest BCUT2D eigenvalue weighted by Crippen LogP contribution is 2.17. The van der Waals surface area contributed by atoms with Crippen LogP contribution in [0.1, 0.15) is 15.9 Å². The molecule has 0 bridgehead atoms. The first-order chi connectivity index (χ1) is 9.45. The molecule has 0 aliphatic heterocycles. The van der Waals surface area contributed by atoms with E-state index < -0.39 is 0 Å². The van der Waals surface area contributed by atoms with E-state index in [1.807, 2.05) is 18.2 Å². The Morgan fingerprint density at radius 1 is 1.15 bits per heavy atom. The van der Waals surface area contributed by atoms with Crippen LogP contribution in [0.2, 0.25) is 5.02 Å². The molecule has 2 rings (SSSR count). The Labute approximate surface area is 122 Å². The first-order valence-electron chi connectivity index (χ1n) is 6.11. The summed E-state index contributed by atoms with van der Waals surface area (Å²) < 4.78 is 0. The van der Waals surface area contributed by atoms with Crippen LogP contribution in [-0.2, 0) is 6.54 Å². The quantitative estimate of drug-likeness (QED) is 0.854. The number of hydrogen-bond donors (Lipinski definition) is 2. The number of benzene rings is 2. The lowest BCUT2D eigenvalue weighted by atomic mass is 10.1. The molecule has 0 saturated carbocycles. The molecule has 0 aliphatic rings. The zero-order chi connectivity index (χ0) is 14.7. The van der Waals surface area contributed by atoms with Crippen LogP contribution in [-0.4, -0.2) is 17.9 Å². The van der Waals surface area contributed by atoms with Crippen molar-refractivity contribution in [2.75, 3.05) is 18.5 Å². The maximum absolute atomic E-state index is 12.3. The van der Waals surface area contributed by atoms with Gasteiger partial charge in [-0.2, -0.15) is 0 Å². The summed E-state index contributed by atoms with van der Waals surface area (Å²) in [6, 6.07) is 12.3.